The fraction of sp³-hybridized carbons (Fsp3) is 0.444. The first-order valence-corrected chi connectivity index (χ1v) is 9.04. The Morgan fingerprint density at radius 2 is 2.10 bits per heavy atom. The molecule has 2 N–H and O–H groups in total. The monoisotopic (exact) mass is 411 g/mol. The summed E-state index contributed by atoms with van der Waals surface area (Å²) in [7, 11) is 0. The predicted molar refractivity (Wildman–Crippen MR) is 97.3 cm³/mol. The molecule has 1 aliphatic rings. The Bertz CT molecular complexity index is 904. The van der Waals surface area contributed by atoms with Gasteiger partial charge in [0, 0.05) is 38.7 Å². The molecule has 2 aromatic rings. The highest BCUT2D eigenvalue weighted by Crippen LogP contribution is 2.22. The van der Waals surface area contributed by atoms with E-state index in [1.165, 1.54) is 18.5 Å². The number of aromatic nitrogens is 3. The number of halogens is 3. The maximum Gasteiger partial charge on any atom is 0.390 e. The molecule has 0 aromatic carbocycles. The maximum atomic E-state index is 12.2. The molecule has 1 saturated heterocycles. The molecule has 0 saturated carbocycles. The summed E-state index contributed by atoms with van der Waals surface area (Å²) in [6.07, 6.45) is -0.391. The van der Waals surface area contributed by atoms with Crippen LogP contribution in [0, 0.1) is 0 Å². The number of carbonyl (C=O) groups excluding carboxylic acids is 2. The van der Waals surface area contributed by atoms with Crippen LogP contribution in [0.15, 0.2) is 25.0 Å². The third-order valence-corrected chi connectivity index (χ3v) is 4.51. The number of fused-ring (bicyclic) bond motifs is 1. The molecule has 2 aromatic heterocycles. The van der Waals surface area contributed by atoms with E-state index in [1.807, 2.05) is 0 Å². The Labute approximate surface area is 164 Å². The number of ether oxygens (including phenoxy) is 1. The van der Waals surface area contributed by atoms with Crippen molar-refractivity contribution in [2.45, 2.75) is 31.5 Å². The van der Waals surface area contributed by atoms with Gasteiger partial charge >= 0.3 is 6.18 Å². The van der Waals surface area contributed by atoms with Gasteiger partial charge in [0.05, 0.1) is 18.2 Å². The van der Waals surface area contributed by atoms with Gasteiger partial charge < -0.3 is 19.9 Å². The van der Waals surface area contributed by atoms with Gasteiger partial charge in [0.1, 0.15) is 11.6 Å². The third-order valence-electron chi connectivity index (χ3n) is 4.51. The van der Waals surface area contributed by atoms with Crippen LogP contribution in [-0.4, -0.2) is 63.6 Å². The molecular weight excluding hydrogens is 391 g/mol. The van der Waals surface area contributed by atoms with Gasteiger partial charge in [-0.1, -0.05) is 6.58 Å². The Morgan fingerprint density at radius 3 is 2.76 bits per heavy atom. The lowest BCUT2D eigenvalue weighted by molar-refractivity contribution is -0.133. The fourth-order valence-electron chi connectivity index (χ4n) is 3.01. The minimum atomic E-state index is -4.35. The highest BCUT2D eigenvalue weighted by Gasteiger charge is 2.27. The predicted octanol–water partition coefficient (Wildman–Crippen LogP) is 2.20. The number of nitrogens with one attached hydrogen (secondary N) is 2. The molecule has 1 fully saturated rings. The Balaban J connectivity index is 1.64. The third kappa shape index (κ3) is 5.24. The second kappa shape index (κ2) is 8.50. The largest absolute Gasteiger partial charge is 0.473 e. The van der Waals surface area contributed by atoms with Gasteiger partial charge in [0.15, 0.2) is 5.65 Å². The van der Waals surface area contributed by atoms with E-state index in [4.69, 9.17) is 4.74 Å². The molecule has 0 bridgehead atoms. The fourth-order valence-corrected chi connectivity index (χ4v) is 3.01. The van der Waals surface area contributed by atoms with Crippen LogP contribution < -0.4 is 10.1 Å². The van der Waals surface area contributed by atoms with Gasteiger partial charge in [-0.2, -0.15) is 13.2 Å². The summed E-state index contributed by atoms with van der Waals surface area (Å²) < 4.78 is 42.6. The van der Waals surface area contributed by atoms with Crippen LogP contribution in [0.2, 0.25) is 0 Å². The number of carbonyl (C=O) groups is 2. The summed E-state index contributed by atoms with van der Waals surface area (Å²) in [5.41, 5.74) is 0.627. The average molecular weight is 411 g/mol. The number of aromatic amines is 1. The number of hydrogen-bond acceptors (Lipinski definition) is 5. The number of nitrogens with zero attached hydrogens (tertiary/aromatic N) is 3. The van der Waals surface area contributed by atoms with E-state index in [9.17, 15) is 22.8 Å². The van der Waals surface area contributed by atoms with Gasteiger partial charge in [0.25, 0.3) is 5.91 Å². The van der Waals surface area contributed by atoms with Crippen LogP contribution in [0.3, 0.4) is 0 Å². The molecule has 29 heavy (non-hydrogen) atoms. The van der Waals surface area contributed by atoms with E-state index in [1.54, 1.807) is 4.90 Å². The lowest BCUT2D eigenvalue weighted by Crippen LogP contribution is -2.41. The lowest BCUT2D eigenvalue weighted by Gasteiger charge is -2.31. The van der Waals surface area contributed by atoms with Crippen molar-refractivity contribution in [3.63, 3.8) is 0 Å². The summed E-state index contributed by atoms with van der Waals surface area (Å²) >= 11 is 0. The zero-order chi connectivity index (χ0) is 21.0. The number of hydrogen-bond donors (Lipinski definition) is 2. The SMILES string of the molecule is C=CC(=O)N1CCC(Oc2cnc3[nH]cc(C(=O)NCCC(F)(F)F)c3n2)CC1. The first kappa shape index (κ1) is 20.6. The first-order chi connectivity index (χ1) is 13.8. The molecule has 3 heterocycles. The number of likely N-dealkylation sites (tertiary alicyclic amines) is 1. The number of H-pyrrole nitrogens is 1. The van der Waals surface area contributed by atoms with E-state index in [-0.39, 0.29) is 29.0 Å². The number of alkyl halides is 3. The van der Waals surface area contributed by atoms with Crippen LogP contribution in [-0.2, 0) is 4.79 Å². The van der Waals surface area contributed by atoms with Crippen molar-refractivity contribution in [3.05, 3.63) is 30.6 Å². The van der Waals surface area contributed by atoms with Crippen LogP contribution >= 0.6 is 0 Å². The number of piperidine rings is 1. The first-order valence-electron chi connectivity index (χ1n) is 9.04. The van der Waals surface area contributed by atoms with Gasteiger partial charge in [0.2, 0.25) is 11.8 Å². The summed E-state index contributed by atoms with van der Waals surface area (Å²) in [6, 6.07) is 0. The average Bonchev–Trinajstić information content (AvgIpc) is 3.10. The molecule has 8 nitrogen and oxygen atoms in total. The molecule has 1 aliphatic heterocycles. The van der Waals surface area contributed by atoms with Gasteiger partial charge in [-0.25, -0.2) is 9.97 Å². The Morgan fingerprint density at radius 1 is 1.38 bits per heavy atom. The van der Waals surface area contributed by atoms with Crippen molar-refractivity contribution in [2.24, 2.45) is 0 Å². The van der Waals surface area contributed by atoms with Crippen LogP contribution in [0.25, 0.3) is 11.2 Å². The number of rotatable bonds is 6. The van der Waals surface area contributed by atoms with Crippen molar-refractivity contribution in [3.8, 4) is 5.88 Å². The second-order valence-electron chi connectivity index (χ2n) is 6.58. The normalized spacial score (nSPS) is 15.3. The summed E-state index contributed by atoms with van der Waals surface area (Å²) in [5, 5.41) is 2.22. The lowest BCUT2D eigenvalue weighted by atomic mass is 10.1. The summed E-state index contributed by atoms with van der Waals surface area (Å²) in [6.45, 7) is 4.00. The number of amides is 2. The van der Waals surface area contributed by atoms with Gasteiger partial charge in [-0.3, -0.25) is 9.59 Å². The van der Waals surface area contributed by atoms with Gasteiger partial charge in [-0.05, 0) is 6.08 Å². The molecular formula is C18H20F3N5O3. The molecule has 0 aliphatic carbocycles. The molecule has 2 amide bonds. The molecule has 0 unspecified atom stereocenters. The van der Waals surface area contributed by atoms with Crippen molar-refractivity contribution in [2.75, 3.05) is 19.6 Å². The van der Waals surface area contributed by atoms with E-state index < -0.39 is 25.0 Å². The topological polar surface area (TPSA) is 100 Å². The maximum absolute atomic E-state index is 12.2. The van der Waals surface area contributed by atoms with Crippen molar-refractivity contribution >= 4 is 23.0 Å². The van der Waals surface area contributed by atoms with E-state index in [0.717, 1.165) is 0 Å². The minimum absolute atomic E-state index is 0.0894. The van der Waals surface area contributed by atoms with Crippen LogP contribution in [0.1, 0.15) is 29.6 Å². The molecule has 0 radical (unpaired) electrons. The smallest absolute Gasteiger partial charge is 0.390 e. The zero-order valence-electron chi connectivity index (χ0n) is 15.5. The highest BCUT2D eigenvalue weighted by atomic mass is 19.4. The molecule has 156 valence electrons. The second-order valence-corrected chi connectivity index (χ2v) is 6.58. The van der Waals surface area contributed by atoms with Crippen molar-refractivity contribution in [1.29, 1.82) is 0 Å². The van der Waals surface area contributed by atoms with Crippen LogP contribution in [0.4, 0.5) is 13.2 Å². The molecule has 0 atom stereocenters. The molecule has 0 spiro atoms. The molecule has 3 rings (SSSR count). The summed E-state index contributed by atoms with van der Waals surface area (Å²) in [5.74, 6) is -0.601. The quantitative estimate of drug-likeness (QED) is 0.710. The van der Waals surface area contributed by atoms with Crippen molar-refractivity contribution < 1.29 is 27.5 Å². The highest BCUT2D eigenvalue weighted by molar-refractivity contribution is 6.04. The van der Waals surface area contributed by atoms with E-state index in [2.05, 4.69) is 26.8 Å². The standard InChI is InChI=1S/C18H20F3N5O3/c1-2-14(27)26-7-3-11(4-8-26)29-13-10-24-16-15(25-13)12(9-23-16)17(28)22-6-5-18(19,20)21/h2,9-11H,1,3-8H2,(H,22,28)(H,23,24). The van der Waals surface area contributed by atoms with E-state index in [0.29, 0.717) is 31.6 Å². The summed E-state index contributed by atoms with van der Waals surface area (Å²) in [4.78, 5) is 36.7. The van der Waals surface area contributed by atoms with Crippen molar-refractivity contribution in [1.82, 2.24) is 25.2 Å². The zero-order valence-corrected chi connectivity index (χ0v) is 15.5. The van der Waals surface area contributed by atoms with Gasteiger partial charge in [-0.15, -0.1) is 0 Å². The van der Waals surface area contributed by atoms with Crippen LogP contribution in [0.5, 0.6) is 5.88 Å². The Hall–Kier alpha value is -3.11. The molecule has 11 heteroatoms. The minimum Gasteiger partial charge on any atom is -0.473 e. The van der Waals surface area contributed by atoms with E-state index >= 15 is 0 Å². The Kier molecular flexibility index (Phi) is 6.04.